The van der Waals surface area contributed by atoms with Gasteiger partial charge in [0.2, 0.25) is 0 Å². The lowest BCUT2D eigenvalue weighted by Crippen LogP contribution is -2.45. The Kier molecular flexibility index (Phi) is 6.23. The first-order valence-electron chi connectivity index (χ1n) is 10.6. The number of fused-ring (bicyclic) bond motifs is 1. The number of nitrogens with zero attached hydrogens (tertiary/aromatic N) is 3. The number of rotatable bonds is 4. The van der Waals surface area contributed by atoms with Crippen molar-refractivity contribution in [2.45, 2.75) is 39.2 Å². The lowest BCUT2D eigenvalue weighted by atomic mass is 9.98. The number of hydrogen-bond acceptors (Lipinski definition) is 6. The van der Waals surface area contributed by atoms with Crippen molar-refractivity contribution in [1.29, 1.82) is 0 Å². The van der Waals surface area contributed by atoms with Crippen LogP contribution in [0.4, 0.5) is 4.79 Å². The van der Waals surface area contributed by atoms with Gasteiger partial charge >= 0.3 is 6.09 Å². The van der Waals surface area contributed by atoms with Gasteiger partial charge in [-0.1, -0.05) is 0 Å². The summed E-state index contributed by atoms with van der Waals surface area (Å²) >= 11 is 3.28. The van der Waals surface area contributed by atoms with Gasteiger partial charge in [-0.25, -0.2) is 14.8 Å². The van der Waals surface area contributed by atoms with Gasteiger partial charge in [0.1, 0.15) is 5.60 Å². The topological polar surface area (TPSA) is 113 Å². The van der Waals surface area contributed by atoms with E-state index >= 15 is 0 Å². The summed E-state index contributed by atoms with van der Waals surface area (Å²) in [6.45, 7) is 7.26. The van der Waals surface area contributed by atoms with Crippen molar-refractivity contribution in [2.75, 3.05) is 19.6 Å². The number of ether oxygens (including phenoxy) is 1. The minimum atomic E-state index is -0.528. The lowest BCUT2D eigenvalue weighted by molar-refractivity contribution is 0.0167. The predicted molar refractivity (Wildman–Crippen MR) is 122 cm³/mol. The van der Waals surface area contributed by atoms with Gasteiger partial charge in [0.05, 0.1) is 11.1 Å². The molecule has 0 radical (unpaired) electrons. The van der Waals surface area contributed by atoms with Crippen LogP contribution in [0.3, 0.4) is 0 Å². The molecule has 3 aromatic heterocycles. The van der Waals surface area contributed by atoms with Crippen LogP contribution in [0.1, 0.15) is 44.0 Å². The molecule has 1 fully saturated rings. The highest BCUT2D eigenvalue weighted by molar-refractivity contribution is 9.10. The highest BCUT2D eigenvalue weighted by Gasteiger charge is 2.28. The molecule has 0 bridgehead atoms. The number of carbonyl (C=O) groups excluding carboxylic acids is 2. The molecule has 0 aromatic carbocycles. The van der Waals surface area contributed by atoms with Crippen LogP contribution in [0.2, 0.25) is 0 Å². The standard InChI is InChI=1S/C22H26BrN5O4/c1-22(2,3)32-21(30)28-10-4-5-13(12-28)11-25-20(29)14-8-9-24-19-17(14)26-18(27-19)15-6-7-16(23)31-15/h6-9,13H,4-5,10-12H2,1-3H3,(H,25,29)(H,24,26,27). The van der Waals surface area contributed by atoms with E-state index in [4.69, 9.17) is 9.15 Å². The SMILES string of the molecule is CC(C)(C)OC(=O)N1CCCC(CNC(=O)c2ccnc3nc(-c4ccc(Br)o4)[nH]c23)C1. The van der Waals surface area contributed by atoms with E-state index in [2.05, 4.69) is 36.2 Å². The van der Waals surface area contributed by atoms with Gasteiger partial charge in [0.25, 0.3) is 5.91 Å². The van der Waals surface area contributed by atoms with Crippen molar-refractivity contribution in [1.82, 2.24) is 25.2 Å². The molecule has 1 aliphatic rings. The van der Waals surface area contributed by atoms with Crippen molar-refractivity contribution in [3.05, 3.63) is 34.6 Å². The Hall–Kier alpha value is -2.88. The van der Waals surface area contributed by atoms with E-state index < -0.39 is 5.60 Å². The Morgan fingerprint density at radius 1 is 1.34 bits per heavy atom. The lowest BCUT2D eigenvalue weighted by Gasteiger charge is -2.34. The molecule has 4 heterocycles. The Bertz CT molecular complexity index is 1130. The molecule has 2 N–H and O–H groups in total. The number of carbonyl (C=O) groups is 2. The second-order valence-corrected chi connectivity index (χ2v) is 9.67. The summed E-state index contributed by atoms with van der Waals surface area (Å²) in [5.74, 6) is 0.988. The third-order valence-corrected chi connectivity index (χ3v) is 5.59. The first-order valence-corrected chi connectivity index (χ1v) is 11.4. The fraction of sp³-hybridized carbons (Fsp3) is 0.455. The van der Waals surface area contributed by atoms with Crippen molar-refractivity contribution < 1.29 is 18.7 Å². The molecular formula is C22H26BrN5O4. The van der Waals surface area contributed by atoms with Crippen LogP contribution in [0.15, 0.2) is 33.5 Å². The molecule has 3 aromatic rings. The van der Waals surface area contributed by atoms with Gasteiger partial charge < -0.3 is 24.4 Å². The van der Waals surface area contributed by atoms with Crippen LogP contribution in [0.5, 0.6) is 0 Å². The molecule has 32 heavy (non-hydrogen) atoms. The summed E-state index contributed by atoms with van der Waals surface area (Å²) in [5, 5.41) is 3.00. The number of H-pyrrole nitrogens is 1. The highest BCUT2D eigenvalue weighted by atomic mass is 79.9. The fourth-order valence-corrected chi connectivity index (χ4v) is 4.02. The van der Waals surface area contributed by atoms with E-state index in [1.807, 2.05) is 20.8 Å². The van der Waals surface area contributed by atoms with E-state index in [0.717, 1.165) is 12.8 Å². The van der Waals surface area contributed by atoms with Gasteiger partial charge in [-0.2, -0.15) is 0 Å². The molecule has 170 valence electrons. The number of halogens is 1. The van der Waals surface area contributed by atoms with Gasteiger partial charge in [-0.05, 0) is 73.7 Å². The average molecular weight is 504 g/mol. The number of imidazole rings is 1. The molecule has 1 saturated heterocycles. The second kappa shape index (κ2) is 8.93. The van der Waals surface area contributed by atoms with E-state index in [1.165, 1.54) is 0 Å². The monoisotopic (exact) mass is 503 g/mol. The molecule has 4 rings (SSSR count). The summed E-state index contributed by atoms with van der Waals surface area (Å²) < 4.78 is 11.6. The third-order valence-electron chi connectivity index (χ3n) is 5.17. The maximum absolute atomic E-state index is 12.9. The normalized spacial score (nSPS) is 16.9. The van der Waals surface area contributed by atoms with E-state index in [-0.39, 0.29) is 17.9 Å². The molecule has 1 unspecified atom stereocenters. The Balaban J connectivity index is 1.42. The predicted octanol–water partition coefficient (Wildman–Crippen LogP) is 4.36. The molecule has 1 atom stereocenters. The van der Waals surface area contributed by atoms with Gasteiger partial charge in [-0.3, -0.25) is 4.79 Å². The number of pyridine rings is 1. The zero-order valence-electron chi connectivity index (χ0n) is 18.3. The maximum atomic E-state index is 12.9. The largest absolute Gasteiger partial charge is 0.446 e. The average Bonchev–Trinajstić information content (AvgIpc) is 3.36. The van der Waals surface area contributed by atoms with Crippen LogP contribution in [0.25, 0.3) is 22.7 Å². The summed E-state index contributed by atoms with van der Waals surface area (Å²) in [5.41, 5.74) is 0.916. The minimum absolute atomic E-state index is 0.162. The number of likely N-dealkylation sites (tertiary alicyclic amines) is 1. The molecule has 0 aliphatic carbocycles. The number of hydrogen-bond donors (Lipinski definition) is 2. The Morgan fingerprint density at radius 2 is 2.16 bits per heavy atom. The number of nitrogens with one attached hydrogen (secondary N) is 2. The van der Waals surface area contributed by atoms with E-state index in [9.17, 15) is 9.59 Å². The Labute approximate surface area is 194 Å². The number of piperidine rings is 1. The molecule has 0 spiro atoms. The summed E-state index contributed by atoms with van der Waals surface area (Å²) in [4.78, 5) is 38.8. The van der Waals surface area contributed by atoms with Gasteiger partial charge in [0.15, 0.2) is 21.9 Å². The fourth-order valence-electron chi connectivity index (χ4n) is 3.71. The number of amides is 2. The minimum Gasteiger partial charge on any atom is -0.446 e. The van der Waals surface area contributed by atoms with Crippen LogP contribution < -0.4 is 5.32 Å². The molecule has 2 amide bonds. The van der Waals surface area contributed by atoms with Crippen LogP contribution in [0, 0.1) is 5.92 Å². The quantitative estimate of drug-likeness (QED) is 0.546. The number of aromatic nitrogens is 3. The van der Waals surface area contributed by atoms with Crippen LogP contribution >= 0.6 is 15.9 Å². The molecule has 1 aliphatic heterocycles. The first kappa shape index (κ1) is 22.3. The highest BCUT2D eigenvalue weighted by Crippen LogP contribution is 2.26. The zero-order valence-corrected chi connectivity index (χ0v) is 19.9. The number of furan rings is 1. The van der Waals surface area contributed by atoms with Crippen LogP contribution in [-0.4, -0.2) is 57.1 Å². The third kappa shape index (κ3) is 5.12. The molecule has 10 heteroatoms. The summed E-state index contributed by atoms with van der Waals surface area (Å²) in [6, 6.07) is 5.21. The van der Waals surface area contributed by atoms with E-state index in [1.54, 1.807) is 29.3 Å². The van der Waals surface area contributed by atoms with Crippen molar-refractivity contribution >= 4 is 39.1 Å². The zero-order chi connectivity index (χ0) is 22.9. The maximum Gasteiger partial charge on any atom is 0.410 e. The smallest absolute Gasteiger partial charge is 0.410 e. The molecule has 0 saturated carbocycles. The molecular weight excluding hydrogens is 478 g/mol. The van der Waals surface area contributed by atoms with Crippen LogP contribution in [-0.2, 0) is 4.74 Å². The molecule has 9 nitrogen and oxygen atoms in total. The first-order chi connectivity index (χ1) is 15.2. The summed E-state index contributed by atoms with van der Waals surface area (Å²) in [7, 11) is 0. The van der Waals surface area contributed by atoms with Crippen molar-refractivity contribution in [2.24, 2.45) is 5.92 Å². The summed E-state index contributed by atoms with van der Waals surface area (Å²) in [6.07, 6.45) is 3.07. The van der Waals surface area contributed by atoms with E-state index in [0.29, 0.717) is 52.6 Å². The second-order valence-electron chi connectivity index (χ2n) is 8.89. The number of aromatic amines is 1. The van der Waals surface area contributed by atoms with Gasteiger partial charge in [-0.15, -0.1) is 0 Å². The van der Waals surface area contributed by atoms with Crippen molar-refractivity contribution in [3.63, 3.8) is 0 Å². The van der Waals surface area contributed by atoms with Gasteiger partial charge in [0, 0.05) is 25.8 Å². The van der Waals surface area contributed by atoms with Crippen molar-refractivity contribution in [3.8, 4) is 11.6 Å². The Morgan fingerprint density at radius 3 is 2.88 bits per heavy atom.